The van der Waals surface area contributed by atoms with Gasteiger partial charge in [0.05, 0.1) is 13.6 Å². The fourth-order valence-corrected chi connectivity index (χ4v) is 5.67. The van der Waals surface area contributed by atoms with Crippen LogP contribution >= 0.6 is 11.8 Å². The average molecular weight is 414 g/mol. The van der Waals surface area contributed by atoms with E-state index in [0.717, 1.165) is 15.4 Å². The Morgan fingerprint density at radius 1 is 0.857 bits per heavy atom. The van der Waals surface area contributed by atoms with E-state index < -0.39 is 8.07 Å². The van der Waals surface area contributed by atoms with Crippen LogP contribution in [-0.2, 0) is 0 Å². The maximum absolute atomic E-state index is 13.8. The molecule has 0 spiro atoms. The molecule has 0 N–H and O–H groups in total. The van der Waals surface area contributed by atoms with Gasteiger partial charge < -0.3 is 4.90 Å². The van der Waals surface area contributed by atoms with Crippen LogP contribution in [0, 0.1) is 0 Å². The predicted molar refractivity (Wildman–Crippen MR) is 125 cm³/mol. The van der Waals surface area contributed by atoms with Crippen LogP contribution in [0.2, 0.25) is 19.6 Å². The number of carbonyl (C=O) groups excluding carboxylic acids is 1. The Hall–Kier alpha value is -1.52. The largest absolute Gasteiger partial charge is 0.334 e. The molecule has 0 aliphatic heterocycles. The molecular formula is C24H35NOSSi. The van der Waals surface area contributed by atoms with Crippen molar-refractivity contribution >= 4 is 25.7 Å². The van der Waals surface area contributed by atoms with Crippen molar-refractivity contribution in [3.63, 3.8) is 0 Å². The minimum Gasteiger partial charge on any atom is -0.334 e. The SMILES string of the molecule is CC(C)N(C(=O)c1c(Sc2ccccc2)cccc1[C@H](C)[Si](C)(C)C)C(C)C. The summed E-state index contributed by atoms with van der Waals surface area (Å²) in [5.41, 5.74) is 2.51. The number of carbonyl (C=O) groups is 1. The summed E-state index contributed by atoms with van der Waals surface area (Å²) < 4.78 is 0. The molecule has 2 rings (SSSR count). The van der Waals surface area contributed by atoms with Gasteiger partial charge in [-0.05, 0) is 57.0 Å². The minimum absolute atomic E-state index is 0.157. The molecule has 0 saturated carbocycles. The Morgan fingerprint density at radius 2 is 1.43 bits per heavy atom. The van der Waals surface area contributed by atoms with Gasteiger partial charge in [0.15, 0.2) is 0 Å². The monoisotopic (exact) mass is 413 g/mol. The van der Waals surface area contributed by atoms with Gasteiger partial charge in [-0.3, -0.25) is 4.79 Å². The molecule has 2 aromatic rings. The first-order chi connectivity index (χ1) is 13.0. The molecule has 1 amide bonds. The van der Waals surface area contributed by atoms with Crippen molar-refractivity contribution < 1.29 is 4.79 Å². The molecule has 4 heteroatoms. The van der Waals surface area contributed by atoms with E-state index >= 15 is 0 Å². The van der Waals surface area contributed by atoms with Crippen LogP contribution in [0.1, 0.15) is 56.1 Å². The van der Waals surface area contributed by atoms with E-state index in [0.29, 0.717) is 5.54 Å². The zero-order valence-corrected chi connectivity index (χ0v) is 20.4. The van der Waals surface area contributed by atoms with Gasteiger partial charge in [-0.15, -0.1) is 0 Å². The van der Waals surface area contributed by atoms with Gasteiger partial charge >= 0.3 is 0 Å². The van der Waals surface area contributed by atoms with Crippen molar-refractivity contribution in [2.24, 2.45) is 0 Å². The van der Waals surface area contributed by atoms with Crippen molar-refractivity contribution in [3.05, 3.63) is 59.7 Å². The second kappa shape index (κ2) is 9.32. The lowest BCUT2D eigenvalue weighted by Gasteiger charge is -2.34. The van der Waals surface area contributed by atoms with Crippen LogP contribution < -0.4 is 0 Å². The topological polar surface area (TPSA) is 20.3 Å². The Morgan fingerprint density at radius 3 is 1.93 bits per heavy atom. The lowest BCUT2D eigenvalue weighted by molar-refractivity contribution is 0.0639. The predicted octanol–water partition coefficient (Wildman–Crippen LogP) is 7.08. The normalized spacial score (nSPS) is 13.1. The van der Waals surface area contributed by atoms with E-state index in [4.69, 9.17) is 0 Å². The lowest BCUT2D eigenvalue weighted by atomic mass is 10.0. The summed E-state index contributed by atoms with van der Waals surface area (Å²) in [5.74, 6) is 0.157. The quantitative estimate of drug-likeness (QED) is 0.452. The molecule has 0 heterocycles. The fraction of sp³-hybridized carbons (Fsp3) is 0.458. The van der Waals surface area contributed by atoms with Gasteiger partial charge in [0.2, 0.25) is 0 Å². The number of nitrogens with zero attached hydrogens (tertiary/aromatic N) is 1. The molecule has 0 fully saturated rings. The molecule has 0 aromatic heterocycles. The molecule has 28 heavy (non-hydrogen) atoms. The Bertz CT molecular complexity index is 788. The van der Waals surface area contributed by atoms with Crippen molar-refractivity contribution in [3.8, 4) is 0 Å². The number of amides is 1. The third-order valence-corrected chi connectivity index (χ3v) is 9.33. The van der Waals surface area contributed by atoms with E-state index in [1.54, 1.807) is 11.8 Å². The Labute approximate surface area is 176 Å². The molecule has 1 atom stereocenters. The highest BCUT2D eigenvalue weighted by Gasteiger charge is 2.32. The van der Waals surface area contributed by atoms with E-state index in [9.17, 15) is 4.79 Å². The maximum atomic E-state index is 13.8. The molecule has 0 bridgehead atoms. The number of benzene rings is 2. The summed E-state index contributed by atoms with van der Waals surface area (Å²) in [6.45, 7) is 17.9. The average Bonchev–Trinajstić information content (AvgIpc) is 2.60. The first-order valence-corrected chi connectivity index (χ1v) is 14.6. The minimum atomic E-state index is -1.46. The Kier molecular flexibility index (Phi) is 7.57. The van der Waals surface area contributed by atoms with Crippen molar-refractivity contribution in [2.45, 2.75) is 81.7 Å². The highest BCUT2D eigenvalue weighted by molar-refractivity contribution is 7.99. The van der Waals surface area contributed by atoms with Gasteiger partial charge in [0, 0.05) is 21.9 Å². The zero-order chi connectivity index (χ0) is 21.1. The van der Waals surface area contributed by atoms with Gasteiger partial charge in [-0.2, -0.15) is 0 Å². The first kappa shape index (κ1) is 22.8. The third-order valence-electron chi connectivity index (χ3n) is 5.36. The van der Waals surface area contributed by atoms with E-state index in [1.165, 1.54) is 5.56 Å². The van der Waals surface area contributed by atoms with E-state index in [-0.39, 0.29) is 18.0 Å². The molecule has 2 nitrogen and oxygen atoms in total. The van der Waals surface area contributed by atoms with Crippen LogP contribution in [0.25, 0.3) is 0 Å². The second-order valence-electron chi connectivity index (χ2n) is 9.12. The van der Waals surface area contributed by atoms with Gasteiger partial charge in [-0.25, -0.2) is 0 Å². The fourth-order valence-electron chi connectivity index (χ4n) is 3.50. The lowest BCUT2D eigenvalue weighted by Crippen LogP contribution is -2.43. The van der Waals surface area contributed by atoms with Crippen molar-refractivity contribution in [2.75, 3.05) is 0 Å². The molecule has 0 saturated heterocycles. The summed E-state index contributed by atoms with van der Waals surface area (Å²) in [6, 6.07) is 17.1. The highest BCUT2D eigenvalue weighted by Crippen LogP contribution is 2.38. The summed E-state index contributed by atoms with van der Waals surface area (Å²) in [6.07, 6.45) is 0. The van der Waals surface area contributed by atoms with E-state index in [2.05, 4.69) is 84.6 Å². The molecular weight excluding hydrogens is 378 g/mol. The van der Waals surface area contributed by atoms with Crippen LogP contribution in [0.15, 0.2) is 58.3 Å². The van der Waals surface area contributed by atoms with E-state index in [1.807, 2.05) is 23.1 Å². The summed E-state index contributed by atoms with van der Waals surface area (Å²) in [4.78, 5) is 18.1. The molecule has 0 unspecified atom stereocenters. The van der Waals surface area contributed by atoms with Crippen molar-refractivity contribution in [1.29, 1.82) is 0 Å². The molecule has 2 aromatic carbocycles. The van der Waals surface area contributed by atoms with Crippen LogP contribution in [-0.4, -0.2) is 31.0 Å². The van der Waals surface area contributed by atoms with Gasteiger partial charge in [0.1, 0.15) is 0 Å². The summed E-state index contributed by atoms with van der Waals surface area (Å²) in [7, 11) is -1.46. The Balaban J connectivity index is 2.64. The van der Waals surface area contributed by atoms with Gasteiger partial charge in [0.25, 0.3) is 5.91 Å². The molecule has 0 radical (unpaired) electrons. The molecule has 0 aliphatic rings. The smallest absolute Gasteiger partial charge is 0.255 e. The standard InChI is InChI=1S/C24H35NOSSi/c1-17(2)25(18(3)4)24(26)23-21(19(5)28(6,7)8)15-12-16-22(23)27-20-13-10-9-11-14-20/h9-19H,1-8H3/t19-/m0/s1. The second-order valence-corrected chi connectivity index (χ2v) is 15.8. The van der Waals surface area contributed by atoms with Crippen LogP contribution in [0.4, 0.5) is 0 Å². The molecule has 0 aliphatic carbocycles. The van der Waals surface area contributed by atoms with Crippen molar-refractivity contribution in [1.82, 2.24) is 4.90 Å². The first-order valence-electron chi connectivity index (χ1n) is 10.2. The van der Waals surface area contributed by atoms with Crippen LogP contribution in [0.3, 0.4) is 0 Å². The van der Waals surface area contributed by atoms with Gasteiger partial charge in [-0.1, -0.05) is 68.7 Å². The highest BCUT2D eigenvalue weighted by atomic mass is 32.2. The molecule has 152 valence electrons. The summed E-state index contributed by atoms with van der Waals surface area (Å²) in [5, 5.41) is 0. The number of hydrogen-bond donors (Lipinski definition) is 0. The number of hydrogen-bond acceptors (Lipinski definition) is 2. The zero-order valence-electron chi connectivity index (χ0n) is 18.6. The third kappa shape index (κ3) is 5.29. The van der Waals surface area contributed by atoms with Crippen LogP contribution in [0.5, 0.6) is 0 Å². The maximum Gasteiger partial charge on any atom is 0.255 e. The number of rotatable bonds is 7. The summed E-state index contributed by atoms with van der Waals surface area (Å²) >= 11 is 1.69.